The van der Waals surface area contributed by atoms with Gasteiger partial charge >= 0.3 is 0 Å². The molecule has 0 unspecified atom stereocenters. The van der Waals surface area contributed by atoms with E-state index < -0.39 is 5.79 Å². The summed E-state index contributed by atoms with van der Waals surface area (Å²) in [6, 6.07) is 2.01. The topological polar surface area (TPSA) is 65.7 Å². The number of aryl methyl sites for hydroxylation is 1. The highest BCUT2D eigenvalue weighted by molar-refractivity contribution is 7.98. The van der Waals surface area contributed by atoms with Crippen molar-refractivity contribution < 1.29 is 19.3 Å². The molecule has 1 aromatic heterocycles. The van der Waals surface area contributed by atoms with Crippen LogP contribution in [0.4, 0.5) is 0 Å². The van der Waals surface area contributed by atoms with Crippen LogP contribution in [0, 0.1) is 6.92 Å². The van der Waals surface area contributed by atoms with Gasteiger partial charge in [0.25, 0.3) is 0 Å². The molecule has 2 aliphatic rings. The maximum Gasteiger partial charge on any atom is 0.180 e. The van der Waals surface area contributed by atoms with Gasteiger partial charge in [0.05, 0.1) is 17.3 Å². The zero-order chi connectivity index (χ0) is 14.5. The van der Waals surface area contributed by atoms with Crippen LogP contribution in [0.1, 0.15) is 25.8 Å². The average Bonchev–Trinajstić information content (AvgIpc) is 2.99. The zero-order valence-electron chi connectivity index (χ0n) is 12.1. The number of rotatable bonds is 3. The minimum absolute atomic E-state index is 0.0913. The first-order chi connectivity index (χ1) is 9.45. The molecule has 0 aliphatic carbocycles. The second kappa shape index (κ2) is 4.99. The molecular weight excluding hydrogens is 280 g/mol. The molecule has 0 aromatic carbocycles. The second-order valence-corrected chi connectivity index (χ2v) is 6.41. The first-order valence-electron chi connectivity index (χ1n) is 6.67. The SMILES string of the molecule is CSc1cc(C)nn1[C@@H]1O[C@H](CO)[C@H]2OC(C)(C)O[C@H]21. The lowest BCUT2D eigenvalue weighted by Crippen LogP contribution is -2.31. The van der Waals surface area contributed by atoms with Crippen molar-refractivity contribution in [2.24, 2.45) is 0 Å². The summed E-state index contributed by atoms with van der Waals surface area (Å²) in [7, 11) is 0. The lowest BCUT2D eigenvalue weighted by Gasteiger charge is -2.24. The van der Waals surface area contributed by atoms with E-state index in [9.17, 15) is 5.11 Å². The minimum atomic E-state index is -0.660. The molecule has 20 heavy (non-hydrogen) atoms. The highest BCUT2D eigenvalue weighted by atomic mass is 32.2. The van der Waals surface area contributed by atoms with Gasteiger partial charge in [0.2, 0.25) is 0 Å². The molecule has 2 saturated heterocycles. The molecule has 0 radical (unpaired) electrons. The van der Waals surface area contributed by atoms with Crippen molar-refractivity contribution in [3.63, 3.8) is 0 Å². The molecule has 0 spiro atoms. The number of thioether (sulfide) groups is 1. The third kappa shape index (κ3) is 2.27. The number of aliphatic hydroxyl groups excluding tert-OH is 1. The van der Waals surface area contributed by atoms with E-state index >= 15 is 0 Å². The Labute approximate surface area is 122 Å². The fraction of sp³-hybridized carbons (Fsp3) is 0.769. The number of hydrogen-bond donors (Lipinski definition) is 1. The highest BCUT2D eigenvalue weighted by Crippen LogP contribution is 2.43. The van der Waals surface area contributed by atoms with Crippen molar-refractivity contribution in [2.45, 2.75) is 56.1 Å². The van der Waals surface area contributed by atoms with E-state index in [0.29, 0.717) is 0 Å². The molecule has 0 saturated carbocycles. The van der Waals surface area contributed by atoms with Crippen LogP contribution in [0.15, 0.2) is 11.1 Å². The van der Waals surface area contributed by atoms with Gasteiger partial charge in [-0.25, -0.2) is 4.68 Å². The van der Waals surface area contributed by atoms with E-state index in [-0.39, 0.29) is 31.1 Å². The first-order valence-corrected chi connectivity index (χ1v) is 7.90. The summed E-state index contributed by atoms with van der Waals surface area (Å²) in [4.78, 5) is 0. The van der Waals surface area contributed by atoms with E-state index in [1.54, 1.807) is 11.8 Å². The van der Waals surface area contributed by atoms with Gasteiger partial charge < -0.3 is 19.3 Å². The highest BCUT2D eigenvalue weighted by Gasteiger charge is 2.56. The zero-order valence-corrected chi connectivity index (χ0v) is 12.9. The van der Waals surface area contributed by atoms with Crippen LogP contribution in [0.5, 0.6) is 0 Å². The lowest BCUT2D eigenvalue weighted by atomic mass is 10.1. The monoisotopic (exact) mass is 300 g/mol. The van der Waals surface area contributed by atoms with Crippen LogP contribution in [0.2, 0.25) is 0 Å². The van der Waals surface area contributed by atoms with Gasteiger partial charge in [-0.15, -0.1) is 11.8 Å². The molecule has 3 heterocycles. The lowest BCUT2D eigenvalue weighted by molar-refractivity contribution is -0.202. The Morgan fingerprint density at radius 2 is 2.10 bits per heavy atom. The molecule has 2 fully saturated rings. The van der Waals surface area contributed by atoms with Gasteiger partial charge in [0, 0.05) is 0 Å². The Balaban J connectivity index is 1.93. The summed E-state index contributed by atoms with van der Waals surface area (Å²) in [5, 5.41) is 15.0. The second-order valence-electron chi connectivity index (χ2n) is 5.59. The van der Waals surface area contributed by atoms with Crippen molar-refractivity contribution in [2.75, 3.05) is 12.9 Å². The third-order valence-corrected chi connectivity index (χ3v) is 4.30. The van der Waals surface area contributed by atoms with Gasteiger partial charge in [0.15, 0.2) is 12.0 Å². The van der Waals surface area contributed by atoms with E-state index in [1.807, 2.05) is 37.8 Å². The number of nitrogens with zero attached hydrogens (tertiary/aromatic N) is 2. The van der Waals surface area contributed by atoms with Crippen molar-refractivity contribution in [3.05, 3.63) is 11.8 Å². The van der Waals surface area contributed by atoms with Gasteiger partial charge in [0.1, 0.15) is 18.3 Å². The Morgan fingerprint density at radius 3 is 2.75 bits per heavy atom. The van der Waals surface area contributed by atoms with Gasteiger partial charge in [-0.1, -0.05) is 0 Å². The predicted octanol–water partition coefficient (Wildman–Crippen LogP) is 1.32. The summed E-state index contributed by atoms with van der Waals surface area (Å²) in [6.07, 6.45) is 0.728. The number of ether oxygens (including phenoxy) is 3. The quantitative estimate of drug-likeness (QED) is 0.849. The molecule has 112 valence electrons. The molecule has 6 nitrogen and oxygen atoms in total. The van der Waals surface area contributed by atoms with Crippen LogP contribution in [0.25, 0.3) is 0 Å². The van der Waals surface area contributed by atoms with Gasteiger partial charge in [-0.3, -0.25) is 0 Å². The summed E-state index contributed by atoms with van der Waals surface area (Å²) < 4.78 is 19.5. The maximum absolute atomic E-state index is 9.48. The largest absolute Gasteiger partial charge is 0.394 e. The van der Waals surface area contributed by atoms with E-state index in [2.05, 4.69) is 5.10 Å². The third-order valence-electron chi connectivity index (χ3n) is 3.58. The van der Waals surface area contributed by atoms with Crippen molar-refractivity contribution in [1.29, 1.82) is 0 Å². The van der Waals surface area contributed by atoms with E-state index in [4.69, 9.17) is 14.2 Å². The smallest absolute Gasteiger partial charge is 0.180 e. The summed E-state index contributed by atoms with van der Waals surface area (Å²) >= 11 is 1.61. The van der Waals surface area contributed by atoms with Crippen LogP contribution >= 0.6 is 11.8 Å². The van der Waals surface area contributed by atoms with E-state index in [1.165, 1.54) is 0 Å². The van der Waals surface area contributed by atoms with Crippen molar-refractivity contribution >= 4 is 11.8 Å². The summed E-state index contributed by atoms with van der Waals surface area (Å²) in [5.41, 5.74) is 0.931. The molecule has 7 heteroatoms. The van der Waals surface area contributed by atoms with Crippen LogP contribution < -0.4 is 0 Å². The predicted molar refractivity (Wildman–Crippen MR) is 73.6 cm³/mol. The Morgan fingerprint density at radius 1 is 1.40 bits per heavy atom. The number of aliphatic hydroxyl groups is 1. The minimum Gasteiger partial charge on any atom is -0.394 e. The Bertz CT molecular complexity index is 505. The van der Waals surface area contributed by atoms with E-state index in [0.717, 1.165) is 10.7 Å². The summed E-state index contributed by atoms with van der Waals surface area (Å²) in [5.74, 6) is -0.660. The van der Waals surface area contributed by atoms with Crippen LogP contribution in [-0.2, 0) is 14.2 Å². The number of hydrogen-bond acceptors (Lipinski definition) is 6. The van der Waals surface area contributed by atoms with Gasteiger partial charge in [-0.05, 0) is 33.1 Å². The number of aromatic nitrogens is 2. The Hall–Kier alpha value is -0.600. The molecule has 3 rings (SSSR count). The van der Waals surface area contributed by atoms with Gasteiger partial charge in [-0.2, -0.15) is 5.10 Å². The molecule has 2 aliphatic heterocycles. The van der Waals surface area contributed by atoms with Crippen LogP contribution in [0.3, 0.4) is 0 Å². The maximum atomic E-state index is 9.48. The van der Waals surface area contributed by atoms with Crippen molar-refractivity contribution in [1.82, 2.24) is 9.78 Å². The molecule has 4 atom stereocenters. The standard InChI is InChI=1S/C13H20N2O4S/c1-7-5-9(20-4)15(14-7)12-11-10(8(6-16)17-12)18-13(2,3)19-11/h5,8,10-12,16H,6H2,1-4H3/t8-,10-,11-,12-/m1/s1. The van der Waals surface area contributed by atoms with Crippen LogP contribution in [-0.4, -0.2) is 51.8 Å². The van der Waals surface area contributed by atoms with Crippen molar-refractivity contribution in [3.8, 4) is 0 Å². The molecule has 0 bridgehead atoms. The number of fused-ring (bicyclic) bond motifs is 1. The fourth-order valence-electron chi connectivity index (χ4n) is 2.83. The average molecular weight is 300 g/mol. The Kier molecular flexibility index (Phi) is 3.58. The molecular formula is C13H20N2O4S. The molecule has 1 aromatic rings. The summed E-state index contributed by atoms with van der Waals surface area (Å²) in [6.45, 7) is 5.61. The first kappa shape index (κ1) is 14.3. The molecule has 0 amide bonds. The molecule has 1 N–H and O–H groups in total. The normalized spacial score (nSPS) is 35.5. The fourth-order valence-corrected chi connectivity index (χ4v) is 3.45.